The molecule has 1 aliphatic rings. The van der Waals surface area contributed by atoms with Crippen LogP contribution in [0.5, 0.6) is 5.75 Å². The SMILES string of the molecule is O=C(O)C1(C(=O)NCCc2ccc(O)cc2)CC1. The maximum Gasteiger partial charge on any atom is 0.319 e. The fourth-order valence-corrected chi connectivity index (χ4v) is 1.82. The number of hydrogen-bond donors (Lipinski definition) is 3. The summed E-state index contributed by atoms with van der Waals surface area (Å²) in [7, 11) is 0. The number of amides is 1. The average molecular weight is 249 g/mol. The van der Waals surface area contributed by atoms with Crippen molar-refractivity contribution in [2.24, 2.45) is 5.41 Å². The number of carboxylic acid groups (broad SMARTS) is 1. The first-order valence-electron chi connectivity index (χ1n) is 5.84. The largest absolute Gasteiger partial charge is 0.508 e. The molecule has 1 aromatic rings. The number of aliphatic carboxylic acids is 1. The van der Waals surface area contributed by atoms with Gasteiger partial charge >= 0.3 is 5.97 Å². The molecule has 1 aromatic carbocycles. The molecule has 5 heteroatoms. The van der Waals surface area contributed by atoms with Crippen molar-refractivity contribution in [3.8, 4) is 5.75 Å². The van der Waals surface area contributed by atoms with Crippen LogP contribution in [0.25, 0.3) is 0 Å². The Morgan fingerprint density at radius 2 is 1.83 bits per heavy atom. The lowest BCUT2D eigenvalue weighted by atomic mass is 10.1. The number of phenols is 1. The summed E-state index contributed by atoms with van der Waals surface area (Å²) in [4.78, 5) is 22.6. The summed E-state index contributed by atoms with van der Waals surface area (Å²) in [5, 5.41) is 20.7. The van der Waals surface area contributed by atoms with Crippen LogP contribution < -0.4 is 5.32 Å². The van der Waals surface area contributed by atoms with Gasteiger partial charge < -0.3 is 15.5 Å². The Bertz CT molecular complexity index is 462. The number of carbonyl (C=O) groups excluding carboxylic acids is 1. The van der Waals surface area contributed by atoms with Crippen LogP contribution in [0.1, 0.15) is 18.4 Å². The van der Waals surface area contributed by atoms with Gasteiger partial charge in [-0.2, -0.15) is 0 Å². The van der Waals surface area contributed by atoms with Gasteiger partial charge in [-0.25, -0.2) is 0 Å². The molecule has 0 aromatic heterocycles. The first kappa shape index (κ1) is 12.4. The Hall–Kier alpha value is -2.04. The van der Waals surface area contributed by atoms with E-state index in [-0.39, 0.29) is 5.75 Å². The average Bonchev–Trinajstić information content (AvgIpc) is 3.13. The van der Waals surface area contributed by atoms with Crippen molar-refractivity contribution in [3.05, 3.63) is 29.8 Å². The Labute approximate surface area is 104 Å². The van der Waals surface area contributed by atoms with Crippen LogP contribution in [0.4, 0.5) is 0 Å². The normalized spacial score (nSPS) is 16.0. The van der Waals surface area contributed by atoms with Gasteiger partial charge in [0.1, 0.15) is 11.2 Å². The molecule has 1 aliphatic carbocycles. The second kappa shape index (κ2) is 4.68. The molecule has 0 bridgehead atoms. The van der Waals surface area contributed by atoms with Gasteiger partial charge in [-0.05, 0) is 37.0 Å². The zero-order valence-electron chi connectivity index (χ0n) is 9.85. The number of rotatable bonds is 5. The molecule has 0 spiro atoms. The van der Waals surface area contributed by atoms with Crippen LogP contribution >= 0.6 is 0 Å². The standard InChI is InChI=1S/C13H15NO4/c15-10-3-1-9(2-4-10)5-8-14-11(16)13(6-7-13)12(17)18/h1-4,15H,5-8H2,(H,14,16)(H,17,18). The number of carboxylic acids is 1. The maximum atomic E-state index is 11.7. The molecule has 2 rings (SSSR count). The summed E-state index contributed by atoms with van der Waals surface area (Å²) in [6.07, 6.45) is 1.46. The lowest BCUT2D eigenvalue weighted by Crippen LogP contribution is -2.37. The molecule has 0 atom stereocenters. The highest BCUT2D eigenvalue weighted by Gasteiger charge is 2.56. The molecule has 1 amide bonds. The van der Waals surface area contributed by atoms with E-state index in [2.05, 4.69) is 5.32 Å². The predicted molar refractivity (Wildman–Crippen MR) is 64.1 cm³/mol. The van der Waals surface area contributed by atoms with Crippen molar-refractivity contribution < 1.29 is 19.8 Å². The van der Waals surface area contributed by atoms with Gasteiger partial charge in [0.15, 0.2) is 0 Å². The number of nitrogens with one attached hydrogen (secondary N) is 1. The van der Waals surface area contributed by atoms with E-state index >= 15 is 0 Å². The van der Waals surface area contributed by atoms with Crippen molar-refractivity contribution in [1.29, 1.82) is 0 Å². The topological polar surface area (TPSA) is 86.6 Å². The van der Waals surface area contributed by atoms with Crippen molar-refractivity contribution in [1.82, 2.24) is 5.32 Å². The fraction of sp³-hybridized carbons (Fsp3) is 0.385. The Balaban J connectivity index is 1.81. The molecule has 96 valence electrons. The quantitative estimate of drug-likeness (QED) is 0.677. The number of aromatic hydroxyl groups is 1. The third-order valence-corrected chi connectivity index (χ3v) is 3.23. The van der Waals surface area contributed by atoms with E-state index in [9.17, 15) is 9.59 Å². The third kappa shape index (κ3) is 2.45. The predicted octanol–water partition coefficient (Wildman–Crippen LogP) is 0.916. The number of carbonyl (C=O) groups is 2. The minimum atomic E-state index is -1.17. The van der Waals surface area contributed by atoms with Crippen molar-refractivity contribution in [2.45, 2.75) is 19.3 Å². The molecule has 1 saturated carbocycles. The molecule has 5 nitrogen and oxygen atoms in total. The minimum absolute atomic E-state index is 0.200. The van der Waals surface area contributed by atoms with E-state index < -0.39 is 17.3 Å². The van der Waals surface area contributed by atoms with E-state index in [0.717, 1.165) is 5.56 Å². The number of benzene rings is 1. The highest BCUT2D eigenvalue weighted by Crippen LogP contribution is 2.45. The molecule has 3 N–H and O–H groups in total. The summed E-state index contributed by atoms with van der Waals surface area (Å²) in [5.74, 6) is -1.23. The van der Waals surface area contributed by atoms with Crippen LogP contribution in [-0.2, 0) is 16.0 Å². The molecule has 0 unspecified atom stereocenters. The van der Waals surface area contributed by atoms with Gasteiger partial charge in [-0.15, -0.1) is 0 Å². The fourth-order valence-electron chi connectivity index (χ4n) is 1.82. The molecule has 0 saturated heterocycles. The molecule has 0 radical (unpaired) electrons. The van der Waals surface area contributed by atoms with Gasteiger partial charge in [-0.3, -0.25) is 9.59 Å². The van der Waals surface area contributed by atoms with Crippen LogP contribution in [0.15, 0.2) is 24.3 Å². The van der Waals surface area contributed by atoms with Gasteiger partial charge in [0.25, 0.3) is 0 Å². The lowest BCUT2D eigenvalue weighted by molar-refractivity contribution is -0.149. The smallest absolute Gasteiger partial charge is 0.319 e. The summed E-state index contributed by atoms with van der Waals surface area (Å²) in [6, 6.07) is 6.70. The molecule has 1 fully saturated rings. The molecule has 18 heavy (non-hydrogen) atoms. The summed E-state index contributed by atoms with van der Waals surface area (Å²) < 4.78 is 0. The van der Waals surface area contributed by atoms with Crippen LogP contribution in [0.3, 0.4) is 0 Å². The van der Waals surface area contributed by atoms with Gasteiger partial charge in [-0.1, -0.05) is 12.1 Å². The van der Waals surface area contributed by atoms with Crippen LogP contribution in [0, 0.1) is 5.41 Å². The third-order valence-electron chi connectivity index (χ3n) is 3.23. The lowest BCUT2D eigenvalue weighted by Gasteiger charge is -2.10. The minimum Gasteiger partial charge on any atom is -0.508 e. The van der Waals surface area contributed by atoms with Crippen LogP contribution in [0.2, 0.25) is 0 Å². The zero-order valence-corrected chi connectivity index (χ0v) is 9.85. The van der Waals surface area contributed by atoms with Crippen LogP contribution in [-0.4, -0.2) is 28.6 Å². The van der Waals surface area contributed by atoms with Crippen molar-refractivity contribution >= 4 is 11.9 Å². The Morgan fingerprint density at radius 3 is 2.33 bits per heavy atom. The maximum absolute atomic E-state index is 11.7. The van der Waals surface area contributed by atoms with E-state index in [1.165, 1.54) is 0 Å². The zero-order chi connectivity index (χ0) is 13.2. The van der Waals surface area contributed by atoms with Gasteiger partial charge in [0, 0.05) is 6.54 Å². The summed E-state index contributed by atoms with van der Waals surface area (Å²) >= 11 is 0. The van der Waals surface area contributed by atoms with E-state index in [0.29, 0.717) is 25.8 Å². The van der Waals surface area contributed by atoms with Crippen molar-refractivity contribution in [3.63, 3.8) is 0 Å². The Kier molecular flexibility index (Phi) is 3.23. The molecular formula is C13H15NO4. The second-order valence-electron chi connectivity index (χ2n) is 4.56. The monoisotopic (exact) mass is 249 g/mol. The van der Waals surface area contributed by atoms with Crippen molar-refractivity contribution in [2.75, 3.05) is 6.54 Å². The summed E-state index contributed by atoms with van der Waals surface area (Å²) in [6.45, 7) is 0.401. The van der Waals surface area contributed by atoms with E-state index in [1.54, 1.807) is 24.3 Å². The Morgan fingerprint density at radius 1 is 1.22 bits per heavy atom. The van der Waals surface area contributed by atoms with E-state index in [4.69, 9.17) is 10.2 Å². The number of hydrogen-bond acceptors (Lipinski definition) is 3. The molecular weight excluding hydrogens is 234 g/mol. The number of phenolic OH excluding ortho intramolecular Hbond substituents is 1. The van der Waals surface area contributed by atoms with Gasteiger partial charge in [0.05, 0.1) is 0 Å². The molecule has 0 aliphatic heterocycles. The first-order valence-corrected chi connectivity index (χ1v) is 5.84. The highest BCUT2D eigenvalue weighted by atomic mass is 16.4. The second-order valence-corrected chi connectivity index (χ2v) is 4.56. The highest BCUT2D eigenvalue weighted by molar-refractivity contribution is 6.04. The van der Waals surface area contributed by atoms with E-state index in [1.807, 2.05) is 0 Å². The first-order chi connectivity index (χ1) is 8.54. The molecule has 0 heterocycles. The van der Waals surface area contributed by atoms with Gasteiger partial charge in [0.2, 0.25) is 5.91 Å². The summed E-state index contributed by atoms with van der Waals surface area (Å²) in [5.41, 5.74) is -0.192.